The van der Waals surface area contributed by atoms with E-state index in [0.717, 1.165) is 30.2 Å². The van der Waals surface area contributed by atoms with E-state index in [1.54, 1.807) is 11.3 Å². The van der Waals surface area contributed by atoms with Gasteiger partial charge in [0, 0.05) is 43.4 Å². The Bertz CT molecular complexity index is 732. The molecule has 108 valence electrons. The Morgan fingerprint density at radius 2 is 2.14 bits per heavy atom. The van der Waals surface area contributed by atoms with Crippen molar-refractivity contribution in [3.8, 4) is 0 Å². The van der Waals surface area contributed by atoms with Crippen molar-refractivity contribution in [1.82, 2.24) is 14.3 Å². The second-order valence-electron chi connectivity index (χ2n) is 5.59. The maximum absolute atomic E-state index is 5.99. The number of nitrogens with two attached hydrogens (primary N) is 1. The number of rotatable bonds is 3. The Morgan fingerprint density at radius 1 is 1.29 bits per heavy atom. The second-order valence-corrected chi connectivity index (χ2v) is 6.47. The first kappa shape index (κ1) is 13.0. The van der Waals surface area contributed by atoms with E-state index in [1.807, 2.05) is 0 Å². The number of hydrogen-bond acceptors (Lipinski definition) is 4. The van der Waals surface area contributed by atoms with Gasteiger partial charge in [0.25, 0.3) is 0 Å². The van der Waals surface area contributed by atoms with Gasteiger partial charge in [0.2, 0.25) is 0 Å². The van der Waals surface area contributed by atoms with Crippen molar-refractivity contribution in [1.29, 1.82) is 0 Å². The van der Waals surface area contributed by atoms with E-state index in [0.29, 0.717) is 12.6 Å². The van der Waals surface area contributed by atoms with Crippen LogP contribution in [0, 0.1) is 0 Å². The van der Waals surface area contributed by atoms with E-state index in [2.05, 4.69) is 51.3 Å². The number of nitrogens with zero attached hydrogens (tertiary/aromatic N) is 3. The molecule has 4 nitrogen and oxygen atoms in total. The molecule has 5 heteroatoms. The normalized spacial score (nSPS) is 19.0. The zero-order valence-corrected chi connectivity index (χ0v) is 12.6. The summed E-state index contributed by atoms with van der Waals surface area (Å²) < 4.78 is 2.09. The summed E-state index contributed by atoms with van der Waals surface area (Å²) in [5.41, 5.74) is 9.98. The molecule has 3 heterocycles. The molecular weight excluding hydrogens is 280 g/mol. The first-order valence-electron chi connectivity index (χ1n) is 7.25. The molecule has 2 aromatic heterocycles. The third kappa shape index (κ3) is 2.37. The van der Waals surface area contributed by atoms with E-state index in [1.165, 1.54) is 11.1 Å². The highest BCUT2D eigenvalue weighted by atomic mass is 32.1. The van der Waals surface area contributed by atoms with Crippen LogP contribution in [0.4, 0.5) is 0 Å². The monoisotopic (exact) mass is 298 g/mol. The minimum Gasteiger partial charge on any atom is -0.329 e. The topological polar surface area (TPSA) is 46.6 Å². The fourth-order valence-corrected chi connectivity index (χ4v) is 3.84. The van der Waals surface area contributed by atoms with Gasteiger partial charge in [-0.05, 0) is 17.5 Å². The van der Waals surface area contributed by atoms with Crippen molar-refractivity contribution in [3.63, 3.8) is 0 Å². The van der Waals surface area contributed by atoms with E-state index in [9.17, 15) is 0 Å². The van der Waals surface area contributed by atoms with Gasteiger partial charge in [0.1, 0.15) is 0 Å². The summed E-state index contributed by atoms with van der Waals surface area (Å²) in [6, 6.07) is 9.08. The molecule has 0 spiro atoms. The average Bonchev–Trinajstić information content (AvgIpc) is 3.07. The molecule has 1 aliphatic heterocycles. The molecule has 3 aromatic rings. The largest absolute Gasteiger partial charge is 0.329 e. The number of thiazole rings is 1. The molecule has 0 radical (unpaired) electrons. The highest BCUT2D eigenvalue weighted by molar-refractivity contribution is 7.15. The zero-order chi connectivity index (χ0) is 14.2. The highest BCUT2D eigenvalue weighted by Crippen LogP contribution is 2.24. The number of imidazole rings is 1. The van der Waals surface area contributed by atoms with Crippen molar-refractivity contribution in [2.24, 2.45) is 5.73 Å². The third-order valence-electron chi connectivity index (χ3n) is 4.24. The van der Waals surface area contributed by atoms with Gasteiger partial charge < -0.3 is 5.73 Å². The summed E-state index contributed by atoms with van der Waals surface area (Å²) in [7, 11) is 0. The Hall–Kier alpha value is -1.69. The van der Waals surface area contributed by atoms with Gasteiger partial charge in [-0.15, -0.1) is 11.3 Å². The standard InChI is InChI=1S/C16H18N4S/c17-8-15-7-12-3-1-2-4-13(12)9-20(15)11-14-10-19-5-6-21-16(19)18-14/h1-6,10,15H,7-9,11,17H2. The quantitative estimate of drug-likeness (QED) is 0.807. The molecule has 21 heavy (non-hydrogen) atoms. The fraction of sp³-hybridized carbons (Fsp3) is 0.312. The first-order chi connectivity index (χ1) is 10.3. The van der Waals surface area contributed by atoms with Crippen LogP contribution in [0.15, 0.2) is 42.0 Å². The molecule has 0 aliphatic carbocycles. The van der Waals surface area contributed by atoms with Gasteiger partial charge in [-0.2, -0.15) is 0 Å². The molecule has 0 fully saturated rings. The predicted octanol–water partition coefficient (Wildman–Crippen LogP) is 2.28. The van der Waals surface area contributed by atoms with Crippen LogP contribution in [0.5, 0.6) is 0 Å². The summed E-state index contributed by atoms with van der Waals surface area (Å²) in [6.07, 6.45) is 5.22. The SMILES string of the molecule is NCC1Cc2ccccc2CN1Cc1cn2ccsc2n1. The second kappa shape index (κ2) is 5.26. The molecule has 0 amide bonds. The van der Waals surface area contributed by atoms with Crippen LogP contribution >= 0.6 is 11.3 Å². The number of aromatic nitrogens is 2. The fourth-order valence-electron chi connectivity index (χ4n) is 3.12. The molecule has 1 unspecified atom stereocenters. The molecule has 1 aliphatic rings. The minimum absolute atomic E-state index is 0.402. The van der Waals surface area contributed by atoms with Crippen LogP contribution in [-0.4, -0.2) is 26.9 Å². The first-order valence-corrected chi connectivity index (χ1v) is 8.13. The number of fused-ring (bicyclic) bond motifs is 2. The molecule has 1 aromatic carbocycles. The Labute approximate surface area is 127 Å². The lowest BCUT2D eigenvalue weighted by Crippen LogP contribution is -2.44. The third-order valence-corrected chi connectivity index (χ3v) is 5.01. The van der Waals surface area contributed by atoms with Crippen molar-refractivity contribution >= 4 is 16.3 Å². The predicted molar refractivity (Wildman–Crippen MR) is 85.3 cm³/mol. The van der Waals surface area contributed by atoms with Crippen LogP contribution < -0.4 is 5.73 Å². The van der Waals surface area contributed by atoms with Gasteiger partial charge in [0.15, 0.2) is 4.96 Å². The van der Waals surface area contributed by atoms with Crippen LogP contribution in [-0.2, 0) is 19.5 Å². The van der Waals surface area contributed by atoms with E-state index in [-0.39, 0.29) is 0 Å². The van der Waals surface area contributed by atoms with E-state index in [4.69, 9.17) is 10.7 Å². The highest BCUT2D eigenvalue weighted by Gasteiger charge is 2.25. The van der Waals surface area contributed by atoms with Gasteiger partial charge >= 0.3 is 0 Å². The van der Waals surface area contributed by atoms with Gasteiger partial charge in [0.05, 0.1) is 5.69 Å². The van der Waals surface area contributed by atoms with Crippen LogP contribution in [0.3, 0.4) is 0 Å². The lowest BCUT2D eigenvalue weighted by atomic mass is 9.94. The van der Waals surface area contributed by atoms with Crippen molar-refractivity contribution in [3.05, 3.63) is 58.9 Å². The summed E-state index contributed by atoms with van der Waals surface area (Å²) in [6.45, 7) is 2.52. The smallest absolute Gasteiger partial charge is 0.193 e. The molecule has 0 saturated carbocycles. The van der Waals surface area contributed by atoms with Crippen LogP contribution in [0.2, 0.25) is 0 Å². The maximum Gasteiger partial charge on any atom is 0.193 e. The van der Waals surface area contributed by atoms with Crippen molar-refractivity contribution in [2.75, 3.05) is 6.54 Å². The zero-order valence-electron chi connectivity index (χ0n) is 11.8. The molecule has 0 saturated heterocycles. The van der Waals surface area contributed by atoms with Gasteiger partial charge in [-0.3, -0.25) is 9.30 Å². The van der Waals surface area contributed by atoms with Gasteiger partial charge in [-0.1, -0.05) is 24.3 Å². The molecule has 2 N–H and O–H groups in total. The van der Waals surface area contributed by atoms with Gasteiger partial charge in [-0.25, -0.2) is 4.98 Å². The van der Waals surface area contributed by atoms with Crippen molar-refractivity contribution < 1.29 is 0 Å². The summed E-state index contributed by atoms with van der Waals surface area (Å²) in [4.78, 5) is 8.21. The lowest BCUT2D eigenvalue weighted by Gasteiger charge is -2.35. The van der Waals surface area contributed by atoms with E-state index >= 15 is 0 Å². The van der Waals surface area contributed by atoms with Crippen LogP contribution in [0.25, 0.3) is 4.96 Å². The molecule has 1 atom stereocenters. The van der Waals surface area contributed by atoms with Crippen LogP contribution in [0.1, 0.15) is 16.8 Å². The minimum atomic E-state index is 0.402. The number of benzene rings is 1. The summed E-state index contributed by atoms with van der Waals surface area (Å²) in [5.74, 6) is 0. The average molecular weight is 298 g/mol. The summed E-state index contributed by atoms with van der Waals surface area (Å²) >= 11 is 1.67. The molecule has 0 bridgehead atoms. The Balaban J connectivity index is 1.60. The summed E-state index contributed by atoms with van der Waals surface area (Å²) in [5, 5.41) is 2.06. The Kier molecular flexibility index (Phi) is 3.25. The van der Waals surface area contributed by atoms with Crippen molar-refractivity contribution in [2.45, 2.75) is 25.6 Å². The molecular formula is C16H18N4S. The van der Waals surface area contributed by atoms with E-state index < -0.39 is 0 Å². The molecule has 4 rings (SSSR count). The number of hydrogen-bond donors (Lipinski definition) is 1. The lowest BCUT2D eigenvalue weighted by molar-refractivity contribution is 0.165. The maximum atomic E-state index is 5.99. The Morgan fingerprint density at radius 3 is 2.95 bits per heavy atom.